The molecule has 0 fully saturated rings. The number of methoxy groups -OCH3 is 1. The third-order valence-corrected chi connectivity index (χ3v) is 3.30. The molecule has 3 atom stereocenters. The fraction of sp³-hybridized carbons (Fsp3) is 0.533. The van der Waals surface area contributed by atoms with Crippen molar-refractivity contribution in [3.05, 3.63) is 35.9 Å². The van der Waals surface area contributed by atoms with Gasteiger partial charge in [-0.3, -0.25) is 4.79 Å². The molecular weight excluding hydrogens is 258 g/mol. The van der Waals surface area contributed by atoms with Gasteiger partial charge >= 0.3 is 5.97 Å². The first kappa shape index (κ1) is 16.6. The lowest BCUT2D eigenvalue weighted by molar-refractivity contribution is -0.142. The predicted molar refractivity (Wildman–Crippen MR) is 76.1 cm³/mol. The number of hydrogen-bond donors (Lipinski definition) is 3. The first-order valence-corrected chi connectivity index (χ1v) is 6.79. The molecular formula is C15H23NO4. The minimum Gasteiger partial charge on any atom is -0.469 e. The molecule has 1 rings (SSSR count). The van der Waals surface area contributed by atoms with Gasteiger partial charge in [-0.25, -0.2) is 0 Å². The third-order valence-electron chi connectivity index (χ3n) is 3.30. The van der Waals surface area contributed by atoms with Crippen LogP contribution in [-0.2, 0) is 9.53 Å². The van der Waals surface area contributed by atoms with Crippen LogP contribution < -0.4 is 5.32 Å². The van der Waals surface area contributed by atoms with Crippen molar-refractivity contribution in [3.63, 3.8) is 0 Å². The van der Waals surface area contributed by atoms with E-state index in [4.69, 9.17) is 0 Å². The van der Waals surface area contributed by atoms with Crippen molar-refractivity contribution in [2.45, 2.75) is 38.0 Å². The molecule has 0 saturated carbocycles. The van der Waals surface area contributed by atoms with E-state index in [9.17, 15) is 15.0 Å². The quantitative estimate of drug-likeness (QED) is 0.620. The summed E-state index contributed by atoms with van der Waals surface area (Å²) in [6, 6.07) is 8.47. The SMILES string of the molecule is CCC(CO)NC(CC(=O)OC)C(O)c1ccccc1. The number of hydrogen-bond acceptors (Lipinski definition) is 5. The second-order valence-corrected chi connectivity index (χ2v) is 4.70. The van der Waals surface area contributed by atoms with Gasteiger partial charge in [0.15, 0.2) is 0 Å². The molecule has 0 aliphatic heterocycles. The molecule has 5 heteroatoms. The maximum atomic E-state index is 11.5. The van der Waals surface area contributed by atoms with E-state index in [0.29, 0.717) is 6.42 Å². The Balaban J connectivity index is 2.82. The predicted octanol–water partition coefficient (Wildman–Crippen LogP) is 1.01. The molecule has 1 aromatic rings. The molecule has 0 spiro atoms. The van der Waals surface area contributed by atoms with E-state index in [0.717, 1.165) is 5.56 Å². The van der Waals surface area contributed by atoms with Crippen LogP contribution in [-0.4, -0.2) is 42.0 Å². The van der Waals surface area contributed by atoms with Crippen molar-refractivity contribution in [1.82, 2.24) is 5.32 Å². The zero-order chi connectivity index (χ0) is 15.0. The number of ether oxygens (including phenoxy) is 1. The second kappa shape index (κ2) is 8.68. The Morgan fingerprint density at radius 1 is 1.35 bits per heavy atom. The summed E-state index contributed by atoms with van der Waals surface area (Å²) in [4.78, 5) is 11.5. The number of esters is 1. The van der Waals surface area contributed by atoms with Gasteiger partial charge in [0.2, 0.25) is 0 Å². The zero-order valence-corrected chi connectivity index (χ0v) is 12.0. The van der Waals surface area contributed by atoms with E-state index in [1.807, 2.05) is 25.1 Å². The average Bonchev–Trinajstić information content (AvgIpc) is 2.51. The summed E-state index contributed by atoms with van der Waals surface area (Å²) >= 11 is 0. The van der Waals surface area contributed by atoms with Gasteiger partial charge in [0.1, 0.15) is 0 Å². The van der Waals surface area contributed by atoms with Crippen molar-refractivity contribution >= 4 is 5.97 Å². The smallest absolute Gasteiger partial charge is 0.307 e. The monoisotopic (exact) mass is 281 g/mol. The van der Waals surface area contributed by atoms with Gasteiger partial charge in [0, 0.05) is 12.1 Å². The third kappa shape index (κ3) is 4.92. The van der Waals surface area contributed by atoms with Crippen LogP contribution in [0.2, 0.25) is 0 Å². The Kier molecular flexibility index (Phi) is 7.22. The molecule has 3 unspecified atom stereocenters. The largest absolute Gasteiger partial charge is 0.469 e. The van der Waals surface area contributed by atoms with Crippen LogP contribution in [0.4, 0.5) is 0 Å². The van der Waals surface area contributed by atoms with E-state index in [2.05, 4.69) is 10.1 Å². The Morgan fingerprint density at radius 3 is 2.50 bits per heavy atom. The van der Waals surface area contributed by atoms with Crippen LogP contribution in [0.1, 0.15) is 31.4 Å². The summed E-state index contributed by atoms with van der Waals surface area (Å²) in [6.45, 7) is 1.88. The average molecular weight is 281 g/mol. The van der Waals surface area contributed by atoms with Crippen molar-refractivity contribution in [1.29, 1.82) is 0 Å². The molecule has 0 aliphatic carbocycles. The Hall–Kier alpha value is -1.43. The van der Waals surface area contributed by atoms with Crippen LogP contribution >= 0.6 is 0 Å². The normalized spacial score (nSPS) is 15.4. The molecule has 112 valence electrons. The molecule has 0 saturated heterocycles. The number of benzene rings is 1. The Morgan fingerprint density at radius 2 is 2.00 bits per heavy atom. The molecule has 3 N–H and O–H groups in total. The number of carbonyl (C=O) groups excluding carboxylic acids is 1. The molecule has 0 radical (unpaired) electrons. The fourth-order valence-electron chi connectivity index (χ4n) is 2.01. The highest BCUT2D eigenvalue weighted by Crippen LogP contribution is 2.20. The van der Waals surface area contributed by atoms with Gasteiger partial charge in [0.25, 0.3) is 0 Å². The minimum atomic E-state index is -0.837. The topological polar surface area (TPSA) is 78.8 Å². The van der Waals surface area contributed by atoms with Crippen molar-refractivity contribution in [3.8, 4) is 0 Å². The van der Waals surface area contributed by atoms with Crippen LogP contribution in [0.3, 0.4) is 0 Å². The lowest BCUT2D eigenvalue weighted by Crippen LogP contribution is -2.44. The maximum Gasteiger partial charge on any atom is 0.307 e. The number of aliphatic hydroxyl groups is 2. The summed E-state index contributed by atoms with van der Waals surface area (Å²) in [5, 5.41) is 22.8. The molecule has 5 nitrogen and oxygen atoms in total. The highest BCUT2D eigenvalue weighted by molar-refractivity contribution is 5.70. The van der Waals surface area contributed by atoms with Gasteiger partial charge in [-0.2, -0.15) is 0 Å². The zero-order valence-electron chi connectivity index (χ0n) is 12.0. The number of carbonyl (C=O) groups is 1. The van der Waals surface area contributed by atoms with Gasteiger partial charge in [-0.1, -0.05) is 37.3 Å². The van der Waals surface area contributed by atoms with Crippen molar-refractivity contribution < 1.29 is 19.7 Å². The Bertz CT molecular complexity index is 392. The molecule has 0 aromatic heterocycles. The van der Waals surface area contributed by atoms with Crippen LogP contribution in [0.15, 0.2) is 30.3 Å². The number of rotatable bonds is 8. The molecule has 0 amide bonds. The fourth-order valence-corrected chi connectivity index (χ4v) is 2.01. The van der Waals surface area contributed by atoms with E-state index in [1.54, 1.807) is 12.1 Å². The molecule has 0 heterocycles. The lowest BCUT2D eigenvalue weighted by Gasteiger charge is -2.27. The summed E-state index contributed by atoms with van der Waals surface area (Å²) in [6.07, 6.45) is -0.0884. The summed E-state index contributed by atoms with van der Waals surface area (Å²) in [7, 11) is 1.32. The minimum absolute atomic E-state index is 0.0447. The van der Waals surface area contributed by atoms with Gasteiger partial charge in [0.05, 0.1) is 26.2 Å². The number of aliphatic hydroxyl groups excluding tert-OH is 2. The second-order valence-electron chi connectivity index (χ2n) is 4.70. The van der Waals surface area contributed by atoms with Crippen molar-refractivity contribution in [2.24, 2.45) is 0 Å². The summed E-state index contributed by atoms with van der Waals surface area (Å²) < 4.78 is 4.66. The summed E-state index contributed by atoms with van der Waals surface area (Å²) in [5.74, 6) is -0.398. The van der Waals surface area contributed by atoms with Crippen LogP contribution in [0.25, 0.3) is 0 Å². The molecule has 20 heavy (non-hydrogen) atoms. The molecule has 1 aromatic carbocycles. The standard InChI is InChI=1S/C15H23NO4/c1-3-12(10-17)16-13(9-14(18)20-2)15(19)11-7-5-4-6-8-11/h4-8,12-13,15-17,19H,3,9-10H2,1-2H3. The van der Waals surface area contributed by atoms with E-state index < -0.39 is 18.1 Å². The first-order valence-electron chi connectivity index (χ1n) is 6.79. The van der Waals surface area contributed by atoms with E-state index >= 15 is 0 Å². The highest BCUT2D eigenvalue weighted by Gasteiger charge is 2.25. The lowest BCUT2D eigenvalue weighted by atomic mass is 9.98. The van der Waals surface area contributed by atoms with Gasteiger partial charge in [-0.05, 0) is 12.0 Å². The maximum absolute atomic E-state index is 11.5. The highest BCUT2D eigenvalue weighted by atomic mass is 16.5. The Labute approximate surface area is 119 Å². The summed E-state index contributed by atoms with van der Waals surface area (Å²) in [5.41, 5.74) is 0.724. The van der Waals surface area contributed by atoms with E-state index in [1.165, 1.54) is 7.11 Å². The van der Waals surface area contributed by atoms with Gasteiger partial charge in [-0.15, -0.1) is 0 Å². The van der Waals surface area contributed by atoms with Crippen molar-refractivity contribution in [2.75, 3.05) is 13.7 Å². The van der Waals surface area contributed by atoms with Crippen LogP contribution in [0.5, 0.6) is 0 Å². The first-order chi connectivity index (χ1) is 9.62. The van der Waals surface area contributed by atoms with Crippen LogP contribution in [0, 0.1) is 0 Å². The molecule has 0 aliphatic rings. The van der Waals surface area contributed by atoms with Gasteiger partial charge < -0.3 is 20.3 Å². The molecule has 0 bridgehead atoms. The van der Waals surface area contributed by atoms with E-state index in [-0.39, 0.29) is 19.1 Å². The number of nitrogens with one attached hydrogen (secondary N) is 1.